The number of anilines is 2. The van der Waals surface area contributed by atoms with E-state index in [1.54, 1.807) is 30.3 Å². The molecule has 1 aromatic heterocycles. The number of aryl methyl sites for hydroxylation is 1. The van der Waals surface area contributed by atoms with Crippen LogP contribution < -0.4 is 10.6 Å². The van der Waals surface area contributed by atoms with E-state index >= 15 is 0 Å². The van der Waals surface area contributed by atoms with Crippen molar-refractivity contribution in [1.82, 2.24) is 4.98 Å². The number of carbonyl (C=O) groups excluding carboxylic acids is 1. The first-order chi connectivity index (χ1) is 13.5. The zero-order valence-corrected chi connectivity index (χ0v) is 15.5. The quantitative estimate of drug-likeness (QED) is 0.647. The van der Waals surface area contributed by atoms with E-state index in [1.165, 1.54) is 19.2 Å². The van der Waals surface area contributed by atoms with Crippen molar-refractivity contribution in [2.45, 2.75) is 13.6 Å². The summed E-state index contributed by atoms with van der Waals surface area (Å²) in [7, 11) is 1.50. The van der Waals surface area contributed by atoms with E-state index in [4.69, 9.17) is 0 Å². The molecular formula is C21H20F3N3O. The highest BCUT2D eigenvalue weighted by Gasteiger charge is 2.19. The molecular weight excluding hydrogens is 367 g/mol. The average Bonchev–Trinajstić information content (AvgIpc) is 2.72. The number of pyridine rings is 1. The number of carbonyl (C=O) groups is 1. The van der Waals surface area contributed by atoms with E-state index in [0.29, 0.717) is 17.7 Å². The summed E-state index contributed by atoms with van der Waals surface area (Å²) in [5.74, 6) is -1.66. The minimum atomic E-state index is -0.868. The number of rotatable bonds is 5. The molecule has 2 N–H and O–H groups in total. The first kappa shape index (κ1) is 21.1. The maximum Gasteiger partial charge on any atom is 0.220 e. The Morgan fingerprint density at radius 2 is 1.68 bits per heavy atom. The zero-order valence-electron chi connectivity index (χ0n) is 15.5. The van der Waals surface area contributed by atoms with Crippen LogP contribution in [0.1, 0.15) is 11.1 Å². The summed E-state index contributed by atoms with van der Waals surface area (Å²) < 4.78 is 40.9. The molecule has 1 amide bonds. The monoisotopic (exact) mass is 387 g/mol. The summed E-state index contributed by atoms with van der Waals surface area (Å²) in [5, 5.41) is 0. The fourth-order valence-corrected chi connectivity index (χ4v) is 2.74. The maximum atomic E-state index is 14.0. The number of amides is 1. The molecule has 0 bridgehead atoms. The van der Waals surface area contributed by atoms with E-state index in [-0.39, 0.29) is 5.82 Å². The molecule has 0 aliphatic heterocycles. The van der Waals surface area contributed by atoms with E-state index in [1.807, 2.05) is 6.92 Å². The average molecular weight is 387 g/mol. The van der Waals surface area contributed by atoms with E-state index in [2.05, 4.69) is 10.7 Å². The van der Waals surface area contributed by atoms with Gasteiger partial charge in [-0.1, -0.05) is 30.3 Å². The third kappa shape index (κ3) is 4.37. The standard InChI is InChI=1S/C20H15F3N2O.CH5N/c1-13-10-14(11-21)8-9-15(13)18-6-3-7-19(24-18)25(12-26)20-16(22)4-2-5-17(20)23;1-2/h2-10,12H,11H2,1H3;2H2,1H3. The lowest BCUT2D eigenvalue weighted by Crippen LogP contribution is -2.18. The molecule has 7 heteroatoms. The number of halogens is 3. The molecule has 1 heterocycles. The van der Waals surface area contributed by atoms with Crippen molar-refractivity contribution in [1.29, 1.82) is 0 Å². The highest BCUT2D eigenvalue weighted by molar-refractivity contribution is 5.86. The number of nitrogens with two attached hydrogens (primary N) is 1. The fraction of sp³-hybridized carbons (Fsp3) is 0.143. The van der Waals surface area contributed by atoms with Crippen LogP contribution in [0.5, 0.6) is 0 Å². The van der Waals surface area contributed by atoms with Crippen molar-refractivity contribution >= 4 is 17.9 Å². The molecule has 0 unspecified atom stereocenters. The van der Waals surface area contributed by atoms with Crippen LogP contribution in [0.2, 0.25) is 0 Å². The summed E-state index contributed by atoms with van der Waals surface area (Å²) in [6.45, 7) is 1.25. The van der Waals surface area contributed by atoms with Gasteiger partial charge in [-0.25, -0.2) is 18.2 Å². The summed E-state index contributed by atoms with van der Waals surface area (Å²) in [6, 6.07) is 13.3. The molecule has 0 aliphatic rings. The van der Waals surface area contributed by atoms with Gasteiger partial charge in [-0.05, 0) is 49.4 Å². The summed E-state index contributed by atoms with van der Waals surface area (Å²) >= 11 is 0. The zero-order chi connectivity index (χ0) is 20.7. The lowest BCUT2D eigenvalue weighted by molar-refractivity contribution is -0.106. The summed E-state index contributed by atoms with van der Waals surface area (Å²) in [5.41, 5.74) is 6.61. The Bertz CT molecular complexity index is 943. The van der Waals surface area contributed by atoms with E-state index in [9.17, 15) is 18.0 Å². The third-order valence-electron chi connectivity index (χ3n) is 3.99. The number of nitrogens with zero attached hydrogens (tertiary/aromatic N) is 2. The van der Waals surface area contributed by atoms with Crippen molar-refractivity contribution in [2.24, 2.45) is 5.73 Å². The van der Waals surface area contributed by atoms with Crippen molar-refractivity contribution < 1.29 is 18.0 Å². The number of benzene rings is 2. The van der Waals surface area contributed by atoms with Crippen LogP contribution in [0, 0.1) is 18.6 Å². The number of hydrogen-bond donors (Lipinski definition) is 1. The summed E-state index contributed by atoms with van der Waals surface area (Å²) in [6.07, 6.45) is 0.312. The van der Waals surface area contributed by atoms with Gasteiger partial charge in [-0.2, -0.15) is 0 Å². The largest absolute Gasteiger partial charge is 0.333 e. The SMILES string of the molecule is CN.Cc1cc(CF)ccc1-c1cccc(N(C=O)c2c(F)cccc2F)n1. The lowest BCUT2D eigenvalue weighted by atomic mass is 10.0. The molecule has 28 heavy (non-hydrogen) atoms. The smallest absolute Gasteiger partial charge is 0.220 e. The molecule has 4 nitrogen and oxygen atoms in total. The van der Waals surface area contributed by atoms with Crippen molar-refractivity contribution in [3.8, 4) is 11.3 Å². The Kier molecular flexibility index (Phi) is 7.28. The van der Waals surface area contributed by atoms with Crippen molar-refractivity contribution in [2.75, 3.05) is 11.9 Å². The van der Waals surface area contributed by atoms with E-state index < -0.39 is 24.0 Å². The number of para-hydroxylation sites is 1. The summed E-state index contributed by atoms with van der Waals surface area (Å²) in [4.78, 5) is 16.7. The molecule has 0 fully saturated rings. The van der Waals surface area contributed by atoms with Crippen LogP contribution in [0.3, 0.4) is 0 Å². The third-order valence-corrected chi connectivity index (χ3v) is 3.99. The molecule has 0 saturated heterocycles. The van der Waals surface area contributed by atoms with Crippen LogP contribution >= 0.6 is 0 Å². The predicted octanol–water partition coefficient (Wildman–Crippen LogP) is 4.67. The Balaban J connectivity index is 0.00000136. The van der Waals surface area contributed by atoms with E-state index in [0.717, 1.165) is 28.2 Å². The van der Waals surface area contributed by atoms with Gasteiger partial charge in [-0.15, -0.1) is 0 Å². The lowest BCUT2D eigenvalue weighted by Gasteiger charge is -2.18. The predicted molar refractivity (Wildman–Crippen MR) is 104 cm³/mol. The normalized spacial score (nSPS) is 10.1. The number of hydrogen-bond acceptors (Lipinski definition) is 3. The van der Waals surface area contributed by atoms with Gasteiger partial charge in [0.25, 0.3) is 0 Å². The minimum Gasteiger partial charge on any atom is -0.333 e. The number of aromatic nitrogens is 1. The molecule has 3 rings (SSSR count). The minimum absolute atomic E-state index is 0.0791. The molecule has 0 spiro atoms. The second-order valence-electron chi connectivity index (χ2n) is 5.71. The first-order valence-electron chi connectivity index (χ1n) is 8.44. The molecule has 3 aromatic rings. The fourth-order valence-electron chi connectivity index (χ4n) is 2.74. The highest BCUT2D eigenvalue weighted by atomic mass is 19.1. The van der Waals surface area contributed by atoms with Gasteiger partial charge in [0.05, 0.1) is 5.69 Å². The van der Waals surface area contributed by atoms with Crippen molar-refractivity contribution in [3.63, 3.8) is 0 Å². The van der Waals surface area contributed by atoms with Crippen LogP contribution in [-0.4, -0.2) is 18.4 Å². The Hall–Kier alpha value is -3.19. The van der Waals surface area contributed by atoms with Crippen LogP contribution in [0.4, 0.5) is 24.7 Å². The van der Waals surface area contributed by atoms with Crippen molar-refractivity contribution in [3.05, 3.63) is 77.4 Å². The van der Waals surface area contributed by atoms with Gasteiger partial charge < -0.3 is 5.73 Å². The van der Waals surface area contributed by atoms with Crippen LogP contribution in [-0.2, 0) is 11.5 Å². The molecule has 0 aliphatic carbocycles. The Morgan fingerprint density at radius 1 is 1.04 bits per heavy atom. The van der Waals surface area contributed by atoms with Gasteiger partial charge in [0.2, 0.25) is 6.41 Å². The first-order valence-corrected chi connectivity index (χ1v) is 8.44. The van der Waals surface area contributed by atoms with Gasteiger partial charge in [0, 0.05) is 5.56 Å². The van der Waals surface area contributed by atoms with Crippen LogP contribution in [0.25, 0.3) is 11.3 Å². The van der Waals surface area contributed by atoms with Gasteiger partial charge in [0.15, 0.2) is 0 Å². The maximum absolute atomic E-state index is 14.0. The highest BCUT2D eigenvalue weighted by Crippen LogP contribution is 2.30. The Labute approximate surface area is 161 Å². The second kappa shape index (κ2) is 9.66. The second-order valence-corrected chi connectivity index (χ2v) is 5.71. The van der Waals surface area contributed by atoms with Gasteiger partial charge in [-0.3, -0.25) is 9.69 Å². The topological polar surface area (TPSA) is 59.2 Å². The molecule has 146 valence electrons. The van der Waals surface area contributed by atoms with Gasteiger partial charge in [0.1, 0.15) is 29.8 Å². The van der Waals surface area contributed by atoms with Crippen LogP contribution in [0.15, 0.2) is 54.6 Å². The number of alkyl halides is 1. The molecule has 0 radical (unpaired) electrons. The molecule has 0 saturated carbocycles. The molecule has 0 atom stereocenters. The molecule has 2 aromatic carbocycles. The van der Waals surface area contributed by atoms with Gasteiger partial charge >= 0.3 is 0 Å². The Morgan fingerprint density at radius 3 is 2.25 bits per heavy atom.